The Bertz CT molecular complexity index is 487. The van der Waals surface area contributed by atoms with E-state index < -0.39 is 0 Å². The van der Waals surface area contributed by atoms with Crippen LogP contribution in [0.5, 0.6) is 0 Å². The van der Waals surface area contributed by atoms with Gasteiger partial charge in [0.1, 0.15) is 11.4 Å². The lowest BCUT2D eigenvalue weighted by Crippen LogP contribution is -2.27. The largest absolute Gasteiger partial charge is 0.411 e. The molecule has 0 heterocycles. The maximum Gasteiger partial charge on any atom is 0.184 e. The minimum atomic E-state index is 0.0142. The van der Waals surface area contributed by atoms with Gasteiger partial charge in [-0.2, -0.15) is 5.10 Å². The number of rotatable bonds is 3. The van der Waals surface area contributed by atoms with Crippen molar-refractivity contribution in [1.82, 2.24) is 5.43 Å². The Labute approximate surface area is 109 Å². The van der Waals surface area contributed by atoms with Crippen molar-refractivity contribution in [2.24, 2.45) is 16.0 Å². The normalized spacial score (nSPS) is 12.4. The number of nitrogens with one attached hydrogen (secondary N) is 1. The molecule has 0 unspecified atom stereocenters. The Kier molecular flexibility index (Phi) is 4.86. The molecule has 0 radical (unpaired) electrons. The molecule has 7 heteroatoms. The van der Waals surface area contributed by atoms with Crippen LogP contribution in [0.3, 0.4) is 0 Å². The molecule has 0 spiro atoms. The zero-order valence-electron chi connectivity index (χ0n) is 9.01. The summed E-state index contributed by atoms with van der Waals surface area (Å²) in [6.07, 6.45) is 0. The van der Waals surface area contributed by atoms with E-state index in [4.69, 9.17) is 22.5 Å². The van der Waals surface area contributed by atoms with E-state index in [0.717, 1.165) is 0 Å². The van der Waals surface area contributed by atoms with Crippen LogP contribution in [0.1, 0.15) is 12.5 Å². The molecule has 1 rings (SSSR count). The molecule has 0 bridgehead atoms. The minimum Gasteiger partial charge on any atom is -0.411 e. The van der Waals surface area contributed by atoms with Gasteiger partial charge in [0.25, 0.3) is 0 Å². The lowest BCUT2D eigenvalue weighted by molar-refractivity contribution is 0.320. The quantitative estimate of drug-likeness (QED) is 0.338. The summed E-state index contributed by atoms with van der Waals surface area (Å²) in [4.78, 5) is 0. The maximum absolute atomic E-state index is 8.79. The Hall–Kier alpha value is -1.66. The van der Waals surface area contributed by atoms with Crippen LogP contribution in [0.25, 0.3) is 0 Å². The molecule has 1 aromatic rings. The average Bonchev–Trinajstić information content (AvgIpc) is 2.30. The Morgan fingerprint density at radius 2 is 2.12 bits per heavy atom. The van der Waals surface area contributed by atoms with Gasteiger partial charge in [0.2, 0.25) is 0 Å². The second kappa shape index (κ2) is 6.17. The van der Waals surface area contributed by atoms with E-state index in [-0.39, 0.29) is 5.11 Å². The zero-order chi connectivity index (χ0) is 12.8. The van der Waals surface area contributed by atoms with Gasteiger partial charge in [0, 0.05) is 5.56 Å². The van der Waals surface area contributed by atoms with Crippen molar-refractivity contribution in [3.8, 4) is 0 Å². The van der Waals surface area contributed by atoms with Gasteiger partial charge in [-0.05, 0) is 25.2 Å². The number of nitrogens with zero attached hydrogens (tertiary/aromatic N) is 2. The molecule has 1 aromatic carbocycles. The number of halogens is 1. The summed E-state index contributed by atoms with van der Waals surface area (Å²) in [7, 11) is 0. The van der Waals surface area contributed by atoms with Gasteiger partial charge in [0.05, 0.1) is 5.02 Å². The van der Waals surface area contributed by atoms with E-state index in [1.54, 1.807) is 31.2 Å². The van der Waals surface area contributed by atoms with Gasteiger partial charge in [-0.3, -0.25) is 5.43 Å². The van der Waals surface area contributed by atoms with Gasteiger partial charge >= 0.3 is 0 Å². The van der Waals surface area contributed by atoms with Crippen LogP contribution >= 0.6 is 23.8 Å². The molecule has 0 amide bonds. The molecule has 0 atom stereocenters. The van der Waals surface area contributed by atoms with Crippen molar-refractivity contribution in [3.05, 3.63) is 34.9 Å². The molecular weight excluding hydrogens is 260 g/mol. The van der Waals surface area contributed by atoms with Crippen molar-refractivity contribution >= 4 is 40.4 Å². The van der Waals surface area contributed by atoms with Crippen molar-refractivity contribution in [3.63, 3.8) is 0 Å². The standard InChI is InChI=1S/C10H11ClN4OS/c1-6(15-16)9(13-14-10(12)17)7-4-2-3-5-8(7)11/h2-5,16H,1H3,(H3,12,14,17). The lowest BCUT2D eigenvalue weighted by Gasteiger charge is -2.07. The summed E-state index contributed by atoms with van der Waals surface area (Å²) in [5.41, 5.74) is 8.99. The van der Waals surface area contributed by atoms with Crippen LogP contribution in [0.4, 0.5) is 0 Å². The first-order valence-electron chi connectivity index (χ1n) is 4.63. The van der Waals surface area contributed by atoms with Crippen LogP contribution in [-0.4, -0.2) is 21.7 Å². The highest BCUT2D eigenvalue weighted by Gasteiger charge is 2.11. The number of hydrogen-bond donors (Lipinski definition) is 3. The van der Waals surface area contributed by atoms with Gasteiger partial charge in [-0.15, -0.1) is 0 Å². The number of oxime groups is 1. The third kappa shape index (κ3) is 3.69. The van der Waals surface area contributed by atoms with E-state index in [1.807, 2.05) is 0 Å². The van der Waals surface area contributed by atoms with Crippen LogP contribution in [0.15, 0.2) is 34.5 Å². The average molecular weight is 271 g/mol. The molecule has 0 saturated heterocycles. The highest BCUT2D eigenvalue weighted by molar-refractivity contribution is 7.80. The van der Waals surface area contributed by atoms with Crippen molar-refractivity contribution in [1.29, 1.82) is 0 Å². The highest BCUT2D eigenvalue weighted by atomic mass is 35.5. The summed E-state index contributed by atoms with van der Waals surface area (Å²) in [6, 6.07) is 7.03. The van der Waals surface area contributed by atoms with Crippen LogP contribution < -0.4 is 11.2 Å². The van der Waals surface area contributed by atoms with Gasteiger partial charge in [-0.25, -0.2) is 0 Å². The van der Waals surface area contributed by atoms with E-state index in [2.05, 4.69) is 27.9 Å². The Morgan fingerprint density at radius 3 is 2.65 bits per heavy atom. The van der Waals surface area contributed by atoms with E-state index in [1.165, 1.54) is 0 Å². The molecule has 0 aliphatic rings. The molecule has 17 heavy (non-hydrogen) atoms. The van der Waals surface area contributed by atoms with Crippen molar-refractivity contribution in [2.45, 2.75) is 6.92 Å². The maximum atomic E-state index is 8.79. The summed E-state index contributed by atoms with van der Waals surface area (Å²) in [6.45, 7) is 1.59. The Balaban J connectivity index is 3.21. The molecular formula is C10H11ClN4OS. The first-order valence-corrected chi connectivity index (χ1v) is 5.42. The third-order valence-corrected chi connectivity index (χ3v) is 2.32. The van der Waals surface area contributed by atoms with Crippen molar-refractivity contribution < 1.29 is 5.21 Å². The lowest BCUT2D eigenvalue weighted by atomic mass is 10.1. The minimum absolute atomic E-state index is 0.0142. The zero-order valence-corrected chi connectivity index (χ0v) is 10.6. The number of hydrogen-bond acceptors (Lipinski definition) is 4. The van der Waals surface area contributed by atoms with Gasteiger partial charge in [-0.1, -0.05) is 35.0 Å². The number of hydrazone groups is 1. The van der Waals surface area contributed by atoms with Gasteiger partial charge < -0.3 is 10.9 Å². The first-order chi connectivity index (χ1) is 8.06. The summed E-state index contributed by atoms with van der Waals surface area (Å²) < 4.78 is 0. The smallest absolute Gasteiger partial charge is 0.184 e. The second-order valence-corrected chi connectivity index (χ2v) is 3.95. The van der Waals surface area contributed by atoms with Crippen LogP contribution in [0, 0.1) is 0 Å². The number of nitrogens with two attached hydrogens (primary N) is 1. The Morgan fingerprint density at radius 1 is 1.47 bits per heavy atom. The molecule has 4 N–H and O–H groups in total. The van der Waals surface area contributed by atoms with Crippen molar-refractivity contribution in [2.75, 3.05) is 0 Å². The fourth-order valence-corrected chi connectivity index (χ4v) is 1.42. The third-order valence-electron chi connectivity index (χ3n) is 1.90. The molecule has 0 fully saturated rings. The van der Waals surface area contributed by atoms with Crippen LogP contribution in [-0.2, 0) is 0 Å². The van der Waals surface area contributed by atoms with E-state index in [9.17, 15) is 0 Å². The predicted octanol–water partition coefficient (Wildman–Crippen LogP) is 1.73. The summed E-state index contributed by atoms with van der Waals surface area (Å²) >= 11 is 10.7. The molecule has 5 nitrogen and oxygen atoms in total. The summed E-state index contributed by atoms with van der Waals surface area (Å²) in [5, 5.41) is 16.3. The molecule has 0 saturated carbocycles. The highest BCUT2D eigenvalue weighted by Crippen LogP contribution is 2.16. The number of benzene rings is 1. The van der Waals surface area contributed by atoms with Gasteiger partial charge in [0.15, 0.2) is 5.11 Å². The van der Waals surface area contributed by atoms with Crippen LogP contribution in [0.2, 0.25) is 5.02 Å². The number of thiocarbonyl (C=S) groups is 1. The fraction of sp³-hybridized carbons (Fsp3) is 0.100. The second-order valence-electron chi connectivity index (χ2n) is 3.10. The summed E-state index contributed by atoms with van der Waals surface area (Å²) in [5.74, 6) is 0. The van der Waals surface area contributed by atoms with E-state index >= 15 is 0 Å². The SMILES string of the molecule is CC(=NO)C(=NNC(N)=S)c1ccccc1Cl. The molecule has 90 valence electrons. The molecule has 0 aliphatic heterocycles. The van der Waals surface area contributed by atoms with E-state index in [0.29, 0.717) is 22.0 Å². The topological polar surface area (TPSA) is 83.0 Å². The predicted molar refractivity (Wildman–Crippen MR) is 72.8 cm³/mol. The molecule has 0 aromatic heterocycles. The molecule has 0 aliphatic carbocycles. The first kappa shape index (κ1) is 13.4. The fourth-order valence-electron chi connectivity index (χ4n) is 1.15. The monoisotopic (exact) mass is 270 g/mol.